The number of fused-ring (bicyclic) bond motifs is 7. The first-order valence-corrected chi connectivity index (χ1v) is 19.1. The molecule has 4 saturated carbocycles. The second-order valence-corrected chi connectivity index (χ2v) is 19.1. The van der Waals surface area contributed by atoms with Gasteiger partial charge in [-0.2, -0.15) is 0 Å². The minimum Gasteiger partial charge on any atom is -0.481 e. The largest absolute Gasteiger partial charge is 0.481 e. The number of pyridine rings is 1. The minimum absolute atomic E-state index is 0. The number of aryl methyl sites for hydroxylation is 1. The number of carbonyl (C=O) groups excluding carboxylic acids is 3. The van der Waals surface area contributed by atoms with E-state index in [1.807, 2.05) is 13.0 Å². The number of nitrogens with one attached hydrogen (secondary N) is 1. The van der Waals surface area contributed by atoms with E-state index in [0.29, 0.717) is 29.5 Å². The summed E-state index contributed by atoms with van der Waals surface area (Å²) in [6, 6.07) is 3.62. The summed E-state index contributed by atoms with van der Waals surface area (Å²) in [5, 5.41) is 13.1. The normalized spacial score (nSPS) is 37.0. The van der Waals surface area contributed by atoms with Gasteiger partial charge >= 0.3 is 11.9 Å². The summed E-state index contributed by atoms with van der Waals surface area (Å²) in [5.41, 5.74) is 1.37. The highest BCUT2D eigenvalue weighted by Crippen LogP contribution is 2.76. The number of rotatable bonds is 7. The third-order valence-electron chi connectivity index (χ3n) is 15.4. The van der Waals surface area contributed by atoms with E-state index in [0.717, 1.165) is 56.9 Å². The Hall–Kier alpha value is -2.74. The van der Waals surface area contributed by atoms with Crippen LogP contribution in [0, 0.1) is 57.7 Å². The van der Waals surface area contributed by atoms with Crippen molar-refractivity contribution in [2.24, 2.45) is 50.7 Å². The van der Waals surface area contributed by atoms with Crippen LogP contribution in [0.15, 0.2) is 29.5 Å². The van der Waals surface area contributed by atoms with Crippen molar-refractivity contribution in [3.63, 3.8) is 0 Å². The summed E-state index contributed by atoms with van der Waals surface area (Å²) in [4.78, 5) is 57.0. The van der Waals surface area contributed by atoms with Crippen molar-refractivity contribution in [3.05, 3.63) is 40.7 Å². The lowest BCUT2D eigenvalue weighted by Crippen LogP contribution is -2.67. The molecule has 1 amide bonds. The van der Waals surface area contributed by atoms with Gasteiger partial charge < -0.3 is 15.2 Å². The Kier molecular flexibility index (Phi) is 10.0. The Labute approximate surface area is 311 Å². The van der Waals surface area contributed by atoms with Crippen LogP contribution in [0.4, 0.5) is 0 Å². The lowest BCUT2D eigenvalue weighted by molar-refractivity contribution is -0.232. The highest BCUT2D eigenvalue weighted by atomic mass is 35.5. The Morgan fingerprint density at radius 1 is 0.980 bits per heavy atom. The molecule has 1 heterocycles. The summed E-state index contributed by atoms with van der Waals surface area (Å²) in [6.45, 7) is 21.3. The fourth-order valence-corrected chi connectivity index (χ4v) is 12.6. The molecule has 0 saturated heterocycles. The van der Waals surface area contributed by atoms with Gasteiger partial charge in [0.15, 0.2) is 5.78 Å². The Balaban J connectivity index is 0.00000504. The molecule has 0 aliphatic heterocycles. The number of halogens is 1. The molecule has 1 aromatic rings. The second kappa shape index (κ2) is 13.0. The lowest BCUT2D eigenvalue weighted by Gasteiger charge is -2.72. The van der Waals surface area contributed by atoms with Crippen LogP contribution < -0.4 is 5.32 Å². The van der Waals surface area contributed by atoms with Crippen LogP contribution >= 0.6 is 12.4 Å². The van der Waals surface area contributed by atoms with Gasteiger partial charge in [-0.1, -0.05) is 48.5 Å². The van der Waals surface area contributed by atoms with Crippen molar-refractivity contribution in [2.45, 2.75) is 145 Å². The Morgan fingerprint density at radius 2 is 1.67 bits per heavy atom. The number of aromatic nitrogens is 1. The summed E-state index contributed by atoms with van der Waals surface area (Å²) in [7, 11) is 0. The zero-order valence-corrected chi connectivity index (χ0v) is 33.4. The van der Waals surface area contributed by atoms with Crippen molar-refractivity contribution < 1.29 is 29.0 Å². The third kappa shape index (κ3) is 5.88. The van der Waals surface area contributed by atoms with Gasteiger partial charge in [-0.05, 0) is 135 Å². The van der Waals surface area contributed by atoms with Crippen LogP contribution in [0.3, 0.4) is 0 Å². The van der Waals surface area contributed by atoms with Gasteiger partial charge in [-0.25, -0.2) is 0 Å². The number of ether oxygens (including phenoxy) is 1. The van der Waals surface area contributed by atoms with Gasteiger partial charge in [-0.3, -0.25) is 24.2 Å². The highest BCUT2D eigenvalue weighted by molar-refractivity contribution is 6.03. The predicted molar refractivity (Wildman–Crippen MR) is 199 cm³/mol. The maximum absolute atomic E-state index is 14.0. The molecule has 282 valence electrons. The smallest absolute Gasteiger partial charge is 0.309 e. The number of Topliss-reactive ketones (excluding diaryl/α,β-unsaturated/α-hetero) is 1. The molecule has 6 rings (SSSR count). The van der Waals surface area contributed by atoms with Crippen molar-refractivity contribution >= 4 is 36.0 Å². The van der Waals surface area contributed by atoms with Gasteiger partial charge in [-0.15, -0.1) is 12.4 Å². The summed E-state index contributed by atoms with van der Waals surface area (Å²) in [6.07, 6.45) is 9.23. The van der Waals surface area contributed by atoms with Crippen LogP contribution in [-0.2, 0) is 19.1 Å². The minimum atomic E-state index is -1.17. The van der Waals surface area contributed by atoms with Gasteiger partial charge in [0.1, 0.15) is 6.10 Å². The molecule has 0 bridgehead atoms. The molecule has 51 heavy (non-hydrogen) atoms. The average Bonchev–Trinajstić information content (AvgIpc) is 3.30. The van der Waals surface area contributed by atoms with E-state index in [1.165, 1.54) is 5.57 Å². The van der Waals surface area contributed by atoms with E-state index >= 15 is 0 Å². The number of carboxylic acid groups (broad SMARTS) is 1. The summed E-state index contributed by atoms with van der Waals surface area (Å²) >= 11 is 0. The van der Waals surface area contributed by atoms with Crippen molar-refractivity contribution in [3.8, 4) is 0 Å². The van der Waals surface area contributed by atoms with E-state index in [-0.39, 0.29) is 70.1 Å². The molecule has 0 unspecified atom stereocenters. The molecule has 8 atom stereocenters. The van der Waals surface area contributed by atoms with Crippen molar-refractivity contribution in [1.29, 1.82) is 0 Å². The number of carbonyl (C=O) groups is 4. The molecule has 9 heteroatoms. The summed E-state index contributed by atoms with van der Waals surface area (Å²) < 4.78 is 6.15. The quantitative estimate of drug-likeness (QED) is 0.270. The van der Waals surface area contributed by atoms with Gasteiger partial charge in [0, 0.05) is 23.7 Å². The highest BCUT2D eigenvalue weighted by Gasteiger charge is 2.70. The second-order valence-electron chi connectivity index (χ2n) is 19.1. The first-order valence-electron chi connectivity index (χ1n) is 19.1. The maximum Gasteiger partial charge on any atom is 0.309 e. The number of aliphatic carboxylic acids is 1. The Bertz CT molecular complexity index is 1650. The van der Waals surface area contributed by atoms with Gasteiger partial charge in [0.2, 0.25) is 0 Å². The number of amides is 1. The standard InChI is InChI=1S/C42H60N2O6.ClH/c1-24(2)33-28(45)22-42(44-35(47)26-12-11-21-43-25(26)3)20-19-40(9)27(34(33)42)13-14-30-39(8)17-16-31(50-32(46)23-37(4,5)36(48)49)38(6,7)29(39)15-18-41(30,40)10;/h11-12,21,24,27,29-31H,13-20,22-23H2,1-10H3,(H,44,47)(H,48,49);1H/t27-,29+,30-,31+,39+,40-,41-,42-;/m1./s1. The molecule has 8 nitrogen and oxygen atoms in total. The zero-order chi connectivity index (χ0) is 36.8. The first kappa shape index (κ1) is 39.5. The van der Waals surface area contributed by atoms with Crippen LogP contribution in [0.5, 0.6) is 0 Å². The molecule has 4 fully saturated rings. The van der Waals surface area contributed by atoms with Crippen molar-refractivity contribution in [2.75, 3.05) is 0 Å². The number of esters is 1. The van der Waals surface area contributed by atoms with E-state index in [2.05, 4.69) is 58.8 Å². The third-order valence-corrected chi connectivity index (χ3v) is 15.4. The molecule has 2 N–H and O–H groups in total. The van der Waals surface area contributed by atoms with E-state index in [1.54, 1.807) is 26.1 Å². The SMILES string of the molecule is Cc1ncccc1C(=O)N[C@@]12CC[C@]3(C)[C@H](CC[C@@H]4[C@@]5(C)CC[C@H](OC(=O)CC(C)(C)C(=O)O)C(C)(C)[C@@H]5CC[C@]43C)C1=C(C(C)C)C(=O)C2.Cl. The fourth-order valence-electron chi connectivity index (χ4n) is 12.6. The van der Waals surface area contributed by atoms with E-state index < -0.39 is 22.9 Å². The monoisotopic (exact) mass is 724 g/mol. The number of allylic oxidation sites excluding steroid dienone is 1. The molecule has 5 aliphatic carbocycles. The van der Waals surface area contributed by atoms with Gasteiger partial charge in [0.05, 0.1) is 22.9 Å². The Morgan fingerprint density at radius 3 is 2.29 bits per heavy atom. The van der Waals surface area contributed by atoms with Crippen LogP contribution in [0.25, 0.3) is 0 Å². The predicted octanol–water partition coefficient (Wildman–Crippen LogP) is 8.69. The average molecular weight is 725 g/mol. The van der Waals surface area contributed by atoms with Crippen LogP contribution in [0.1, 0.15) is 143 Å². The number of hydrogen-bond donors (Lipinski definition) is 2. The molecule has 0 spiro atoms. The molecular formula is C42H61ClN2O6. The molecular weight excluding hydrogens is 664 g/mol. The van der Waals surface area contributed by atoms with Gasteiger partial charge in [0.25, 0.3) is 5.91 Å². The van der Waals surface area contributed by atoms with Crippen LogP contribution in [0.2, 0.25) is 0 Å². The van der Waals surface area contributed by atoms with Crippen molar-refractivity contribution in [1.82, 2.24) is 10.3 Å². The fraction of sp³-hybridized carbons (Fsp3) is 0.738. The topological polar surface area (TPSA) is 123 Å². The number of nitrogens with zero attached hydrogens (tertiary/aromatic N) is 1. The number of hydrogen-bond acceptors (Lipinski definition) is 6. The number of ketones is 1. The molecule has 1 aromatic heterocycles. The summed E-state index contributed by atoms with van der Waals surface area (Å²) in [5.74, 6) is -0.264. The zero-order valence-electron chi connectivity index (χ0n) is 32.5. The molecule has 0 aromatic carbocycles. The number of carboxylic acids is 1. The molecule has 5 aliphatic rings. The van der Waals surface area contributed by atoms with Crippen LogP contribution in [-0.4, -0.2) is 45.4 Å². The lowest BCUT2D eigenvalue weighted by atomic mass is 9.33. The molecule has 0 radical (unpaired) electrons. The first-order chi connectivity index (χ1) is 23.1. The maximum atomic E-state index is 14.0. The van der Waals surface area contributed by atoms with E-state index in [9.17, 15) is 24.3 Å². The van der Waals surface area contributed by atoms with E-state index in [4.69, 9.17) is 4.74 Å².